The van der Waals surface area contributed by atoms with Crippen LogP contribution in [0.25, 0.3) is 22.3 Å². The number of benzene rings is 3. The molecule has 4 heterocycles. The molecule has 0 aliphatic carbocycles. The Labute approximate surface area is 215 Å². The first-order valence-corrected chi connectivity index (χ1v) is 11.0. The Kier molecular flexibility index (Phi) is 5.56. The molecular formula is C28H14N4O6. The number of nitriles is 2. The van der Waals surface area contributed by atoms with Crippen LogP contribution in [0.4, 0.5) is 11.4 Å². The van der Waals surface area contributed by atoms with Gasteiger partial charge >= 0.3 is 11.9 Å². The van der Waals surface area contributed by atoms with E-state index in [1.165, 1.54) is 12.1 Å². The van der Waals surface area contributed by atoms with E-state index in [0.29, 0.717) is 33.6 Å². The van der Waals surface area contributed by atoms with E-state index in [4.69, 9.17) is 20.0 Å². The first-order valence-electron chi connectivity index (χ1n) is 11.0. The van der Waals surface area contributed by atoms with Gasteiger partial charge in [-0.15, -0.1) is 0 Å². The zero-order valence-electron chi connectivity index (χ0n) is 19.3. The molecule has 0 saturated heterocycles. The summed E-state index contributed by atoms with van der Waals surface area (Å²) in [5.74, 6) is -1.81. The molecule has 38 heavy (non-hydrogen) atoms. The average molecular weight is 502 g/mol. The Hall–Kier alpha value is -6.00. The standard InChI is InChI=1S/C26H12N2O6.2CHN/c29-23-19(11-5-1-3-7-15(11)27-23)21-13-9-18-14(10-17(13)33-25(21)31)22(26(32)34-18)20-12-6-2-4-8-16(12)28-24(20)30;2*1-2/h1-10H,(H,27,29)(H,28,30);2*1H. The van der Waals surface area contributed by atoms with Gasteiger partial charge in [0.1, 0.15) is 11.5 Å². The number of amides is 2. The molecule has 7 rings (SSSR count). The summed E-state index contributed by atoms with van der Waals surface area (Å²) in [6.45, 7) is 7.00. The zero-order valence-corrected chi connectivity index (χ0v) is 19.3. The molecule has 10 nitrogen and oxygen atoms in total. The smallest absolute Gasteiger partial charge is 0.345 e. The number of nitrogens with one attached hydrogen (secondary N) is 2. The maximum atomic E-state index is 12.9. The van der Waals surface area contributed by atoms with Crippen LogP contribution in [-0.4, -0.2) is 23.8 Å². The highest BCUT2D eigenvalue weighted by molar-refractivity contribution is 6.47. The number of anilines is 2. The molecule has 3 aromatic rings. The van der Waals surface area contributed by atoms with E-state index in [0.717, 1.165) is 0 Å². The van der Waals surface area contributed by atoms with Crippen LogP contribution in [0.3, 0.4) is 0 Å². The van der Waals surface area contributed by atoms with Gasteiger partial charge in [0.15, 0.2) is 0 Å². The second-order valence-corrected chi connectivity index (χ2v) is 8.12. The molecule has 4 aliphatic heterocycles. The SMILES string of the molecule is C#N.C#N.O=C1Nc2ccccc2C1=C1C(=O)Oc2cc3c(cc21)OC(=O)C3=C1C(=O)Nc2ccccc21. The van der Waals surface area contributed by atoms with E-state index < -0.39 is 23.8 Å². The lowest BCUT2D eigenvalue weighted by molar-refractivity contribution is -0.127. The number of nitrogens with zero attached hydrogens (tertiary/aromatic N) is 2. The largest absolute Gasteiger partial charge is 0.422 e. The van der Waals surface area contributed by atoms with Crippen LogP contribution in [-0.2, 0) is 19.2 Å². The highest BCUT2D eigenvalue weighted by Gasteiger charge is 2.42. The minimum absolute atomic E-state index is 0.0985. The van der Waals surface area contributed by atoms with Crippen molar-refractivity contribution in [1.82, 2.24) is 0 Å². The Morgan fingerprint density at radius 2 is 0.895 bits per heavy atom. The predicted molar refractivity (Wildman–Crippen MR) is 135 cm³/mol. The van der Waals surface area contributed by atoms with Crippen molar-refractivity contribution in [3.8, 4) is 24.6 Å². The molecule has 0 atom stereocenters. The van der Waals surface area contributed by atoms with Gasteiger partial charge < -0.3 is 20.1 Å². The monoisotopic (exact) mass is 502 g/mol. The lowest BCUT2D eigenvalue weighted by Crippen LogP contribution is -2.10. The van der Waals surface area contributed by atoms with Gasteiger partial charge in [0.05, 0.1) is 22.3 Å². The van der Waals surface area contributed by atoms with Crippen molar-refractivity contribution in [2.45, 2.75) is 0 Å². The molecule has 0 saturated carbocycles. The van der Waals surface area contributed by atoms with Gasteiger partial charge in [0.2, 0.25) is 0 Å². The number of carbonyl (C=O) groups is 4. The summed E-state index contributed by atoms with van der Waals surface area (Å²) in [6.07, 6.45) is 0. The van der Waals surface area contributed by atoms with E-state index in [-0.39, 0.29) is 33.8 Å². The van der Waals surface area contributed by atoms with Gasteiger partial charge in [-0.25, -0.2) is 20.1 Å². The number of rotatable bonds is 0. The van der Waals surface area contributed by atoms with Gasteiger partial charge in [-0.2, -0.15) is 0 Å². The highest BCUT2D eigenvalue weighted by Crippen LogP contribution is 2.50. The number of hydrogen-bond donors (Lipinski definition) is 2. The van der Waals surface area contributed by atoms with Crippen LogP contribution in [0.1, 0.15) is 22.3 Å². The molecule has 2 amide bonds. The third kappa shape index (κ3) is 3.26. The van der Waals surface area contributed by atoms with Crippen LogP contribution in [0.15, 0.2) is 60.7 Å². The van der Waals surface area contributed by atoms with Crippen LogP contribution in [0, 0.1) is 23.7 Å². The van der Waals surface area contributed by atoms with E-state index in [1.807, 2.05) is 0 Å². The average Bonchev–Trinajstić information content (AvgIpc) is 3.63. The number of hydrogen-bond acceptors (Lipinski definition) is 8. The van der Waals surface area contributed by atoms with Crippen molar-refractivity contribution >= 4 is 57.4 Å². The fraction of sp³-hybridized carbons (Fsp3) is 0. The third-order valence-electron chi connectivity index (χ3n) is 6.28. The van der Waals surface area contributed by atoms with Crippen LogP contribution < -0.4 is 20.1 Å². The van der Waals surface area contributed by atoms with E-state index in [1.54, 1.807) is 48.5 Å². The summed E-state index contributed by atoms with van der Waals surface area (Å²) in [6, 6.07) is 17.1. The maximum Gasteiger partial charge on any atom is 0.345 e. The molecule has 0 spiro atoms. The fourth-order valence-electron chi connectivity index (χ4n) is 4.85. The highest BCUT2D eigenvalue weighted by atomic mass is 16.5. The summed E-state index contributed by atoms with van der Waals surface area (Å²) in [7, 11) is 0. The number of esters is 2. The van der Waals surface area contributed by atoms with Crippen molar-refractivity contribution in [2.75, 3.05) is 10.6 Å². The van der Waals surface area contributed by atoms with Gasteiger partial charge in [-0.1, -0.05) is 36.4 Å². The summed E-state index contributed by atoms with van der Waals surface area (Å²) < 4.78 is 11.0. The molecular weight excluding hydrogens is 488 g/mol. The first kappa shape index (κ1) is 23.7. The van der Waals surface area contributed by atoms with Crippen LogP contribution >= 0.6 is 0 Å². The maximum absolute atomic E-state index is 12.9. The van der Waals surface area contributed by atoms with Gasteiger partial charge in [-0.05, 0) is 24.3 Å². The molecule has 0 fully saturated rings. The van der Waals surface area contributed by atoms with Crippen molar-refractivity contribution in [3.05, 3.63) is 82.9 Å². The second-order valence-electron chi connectivity index (χ2n) is 8.12. The summed E-state index contributed by atoms with van der Waals surface area (Å²) in [4.78, 5) is 51.2. The normalized spacial score (nSPS) is 19.3. The first-order chi connectivity index (χ1) is 18.5. The van der Waals surface area contributed by atoms with Gasteiger partial charge in [0, 0.05) is 46.8 Å². The summed E-state index contributed by atoms with van der Waals surface area (Å²) in [5.41, 5.74) is 3.67. The minimum Gasteiger partial charge on any atom is -0.422 e. The van der Waals surface area contributed by atoms with Crippen molar-refractivity contribution in [2.24, 2.45) is 0 Å². The lowest BCUT2D eigenvalue weighted by atomic mass is 9.92. The van der Waals surface area contributed by atoms with Crippen molar-refractivity contribution in [3.63, 3.8) is 0 Å². The molecule has 0 bridgehead atoms. The second kappa shape index (κ2) is 8.90. The summed E-state index contributed by atoms with van der Waals surface area (Å²) >= 11 is 0. The molecule has 0 unspecified atom stereocenters. The quantitative estimate of drug-likeness (QED) is 0.268. The third-order valence-corrected chi connectivity index (χ3v) is 6.28. The molecule has 182 valence electrons. The Morgan fingerprint density at radius 1 is 0.526 bits per heavy atom. The van der Waals surface area contributed by atoms with E-state index >= 15 is 0 Å². The topological polar surface area (TPSA) is 158 Å². The van der Waals surface area contributed by atoms with Crippen LogP contribution in [0.5, 0.6) is 11.5 Å². The van der Waals surface area contributed by atoms with E-state index in [2.05, 4.69) is 23.8 Å². The minimum atomic E-state index is -0.676. The number of ether oxygens (including phenoxy) is 2. The number of carbonyl (C=O) groups excluding carboxylic acids is 4. The van der Waals surface area contributed by atoms with Crippen molar-refractivity contribution < 1.29 is 28.7 Å². The Bertz CT molecular complexity index is 1600. The Balaban J connectivity index is 0.000000704. The fourth-order valence-corrected chi connectivity index (χ4v) is 4.85. The van der Waals surface area contributed by atoms with Crippen molar-refractivity contribution in [1.29, 1.82) is 10.5 Å². The molecule has 10 heteroatoms. The Morgan fingerprint density at radius 3 is 1.29 bits per heavy atom. The van der Waals surface area contributed by atoms with Crippen LogP contribution in [0.2, 0.25) is 0 Å². The predicted octanol–water partition coefficient (Wildman–Crippen LogP) is 3.53. The summed E-state index contributed by atoms with van der Waals surface area (Å²) in [5, 5.41) is 18.5. The number of fused-ring (bicyclic) bond motifs is 4. The molecule has 0 radical (unpaired) electrons. The van der Waals surface area contributed by atoms with Gasteiger partial charge in [0.25, 0.3) is 11.8 Å². The van der Waals surface area contributed by atoms with E-state index in [9.17, 15) is 19.2 Å². The molecule has 0 aromatic heterocycles. The zero-order chi connectivity index (χ0) is 27.1. The molecule has 3 aromatic carbocycles. The number of para-hydroxylation sites is 2. The molecule has 4 aliphatic rings. The lowest BCUT2D eigenvalue weighted by Gasteiger charge is -2.04. The van der Waals surface area contributed by atoms with Gasteiger partial charge in [-0.3, -0.25) is 9.59 Å². The molecule has 2 N–H and O–H groups in total.